The molecule has 21 heavy (non-hydrogen) atoms. The Labute approximate surface area is 121 Å². The summed E-state index contributed by atoms with van der Waals surface area (Å²) in [4.78, 5) is 10.3. The lowest BCUT2D eigenvalue weighted by atomic mass is 10.1. The molecule has 2 aromatic carbocycles. The number of benzene rings is 2. The maximum Gasteiger partial charge on any atom is 0.292 e. The zero-order chi connectivity index (χ0) is 15.0. The van der Waals surface area contributed by atoms with Gasteiger partial charge in [-0.15, -0.1) is 0 Å². The van der Waals surface area contributed by atoms with Gasteiger partial charge in [-0.25, -0.2) is 0 Å². The summed E-state index contributed by atoms with van der Waals surface area (Å²) in [6.45, 7) is 0. The number of hydrogen-bond acceptors (Lipinski definition) is 5. The Morgan fingerprint density at radius 1 is 1.19 bits per heavy atom. The molecule has 0 aromatic heterocycles. The van der Waals surface area contributed by atoms with Crippen LogP contribution in [0.2, 0.25) is 0 Å². The number of fused-ring (bicyclic) bond motifs is 1. The molecule has 5 N–H and O–H groups in total. The molecule has 3 rings (SSSR count). The van der Waals surface area contributed by atoms with E-state index in [1.807, 2.05) is 18.2 Å². The summed E-state index contributed by atoms with van der Waals surface area (Å²) >= 11 is 0. The number of anilines is 3. The minimum absolute atomic E-state index is 0.0693. The van der Waals surface area contributed by atoms with Gasteiger partial charge in [-0.2, -0.15) is 0 Å². The van der Waals surface area contributed by atoms with Gasteiger partial charge in [-0.3, -0.25) is 10.1 Å². The zero-order valence-corrected chi connectivity index (χ0v) is 11.4. The predicted octanol–water partition coefficient (Wildman–Crippen LogP) is 2.86. The van der Waals surface area contributed by atoms with Crippen molar-refractivity contribution < 1.29 is 4.92 Å². The molecule has 108 valence electrons. The molecule has 0 saturated heterocycles. The topological polar surface area (TPSA) is 107 Å². The number of nitrogens with zero attached hydrogens (tertiary/aromatic N) is 1. The second-order valence-electron chi connectivity index (χ2n) is 5.22. The van der Waals surface area contributed by atoms with Crippen molar-refractivity contribution in [1.82, 2.24) is 0 Å². The Balaban J connectivity index is 1.83. The molecular weight excluding hydrogens is 268 g/mol. The van der Waals surface area contributed by atoms with Crippen LogP contribution in [-0.4, -0.2) is 4.92 Å². The fraction of sp³-hybridized carbons (Fsp3) is 0.200. The predicted molar refractivity (Wildman–Crippen MR) is 83.0 cm³/mol. The standard InChI is InChI=1S/C15H16N4O2/c16-10-2-4-12-9(7-10)1-5-14(12)18-11-3-6-15(19(20)21)13(17)8-11/h2-4,6-8,14,18H,1,5,16-17H2. The largest absolute Gasteiger partial charge is 0.399 e. The Morgan fingerprint density at radius 2 is 2.00 bits per heavy atom. The minimum atomic E-state index is -0.479. The summed E-state index contributed by atoms with van der Waals surface area (Å²) in [6, 6.07) is 10.8. The molecule has 0 saturated carbocycles. The fourth-order valence-corrected chi connectivity index (χ4v) is 2.80. The van der Waals surface area contributed by atoms with Crippen LogP contribution in [0.5, 0.6) is 0 Å². The summed E-state index contributed by atoms with van der Waals surface area (Å²) in [5.74, 6) is 0. The van der Waals surface area contributed by atoms with Crippen molar-refractivity contribution in [2.45, 2.75) is 18.9 Å². The van der Waals surface area contributed by atoms with Gasteiger partial charge in [0.25, 0.3) is 5.69 Å². The molecule has 0 radical (unpaired) electrons. The minimum Gasteiger partial charge on any atom is -0.399 e. The monoisotopic (exact) mass is 284 g/mol. The number of aryl methyl sites for hydroxylation is 1. The van der Waals surface area contributed by atoms with Crippen LogP contribution in [0, 0.1) is 10.1 Å². The zero-order valence-electron chi connectivity index (χ0n) is 11.4. The number of nitro groups is 1. The average Bonchev–Trinajstić information content (AvgIpc) is 2.80. The second-order valence-corrected chi connectivity index (χ2v) is 5.22. The maximum absolute atomic E-state index is 10.8. The van der Waals surface area contributed by atoms with E-state index in [1.54, 1.807) is 12.1 Å². The highest BCUT2D eigenvalue weighted by Crippen LogP contribution is 2.36. The van der Waals surface area contributed by atoms with Gasteiger partial charge in [0.05, 0.1) is 11.0 Å². The first-order valence-electron chi connectivity index (χ1n) is 6.73. The van der Waals surface area contributed by atoms with E-state index >= 15 is 0 Å². The molecule has 1 unspecified atom stereocenters. The number of nitro benzene ring substituents is 1. The van der Waals surface area contributed by atoms with E-state index in [-0.39, 0.29) is 17.4 Å². The summed E-state index contributed by atoms with van der Waals surface area (Å²) in [6.07, 6.45) is 1.94. The lowest BCUT2D eigenvalue weighted by Crippen LogP contribution is -2.08. The van der Waals surface area contributed by atoms with Crippen LogP contribution in [0.25, 0.3) is 0 Å². The van der Waals surface area contributed by atoms with Crippen molar-refractivity contribution in [3.8, 4) is 0 Å². The van der Waals surface area contributed by atoms with E-state index in [0.29, 0.717) is 0 Å². The Morgan fingerprint density at radius 3 is 2.71 bits per heavy atom. The molecule has 0 bridgehead atoms. The third kappa shape index (κ3) is 2.47. The van der Waals surface area contributed by atoms with E-state index in [0.717, 1.165) is 24.2 Å². The van der Waals surface area contributed by atoms with Crippen molar-refractivity contribution in [3.05, 3.63) is 57.6 Å². The van der Waals surface area contributed by atoms with Crippen molar-refractivity contribution >= 4 is 22.7 Å². The average molecular weight is 284 g/mol. The summed E-state index contributed by atoms with van der Waals surface area (Å²) in [5.41, 5.74) is 15.6. The van der Waals surface area contributed by atoms with Crippen LogP contribution in [0.4, 0.5) is 22.7 Å². The Kier molecular flexibility index (Phi) is 3.13. The quantitative estimate of drug-likeness (QED) is 0.456. The molecule has 1 aliphatic carbocycles. The van der Waals surface area contributed by atoms with Gasteiger partial charge in [0, 0.05) is 17.4 Å². The number of nitrogens with two attached hydrogens (primary N) is 2. The summed E-state index contributed by atoms with van der Waals surface area (Å²) in [5, 5.41) is 14.1. The highest BCUT2D eigenvalue weighted by Gasteiger charge is 2.22. The van der Waals surface area contributed by atoms with Crippen molar-refractivity contribution in [3.63, 3.8) is 0 Å². The van der Waals surface area contributed by atoms with Crippen LogP contribution < -0.4 is 16.8 Å². The molecular formula is C15H16N4O2. The number of nitrogen functional groups attached to an aromatic ring is 2. The van der Waals surface area contributed by atoms with E-state index in [4.69, 9.17) is 11.5 Å². The van der Waals surface area contributed by atoms with Crippen molar-refractivity contribution in [2.24, 2.45) is 0 Å². The lowest BCUT2D eigenvalue weighted by Gasteiger charge is -2.16. The van der Waals surface area contributed by atoms with E-state index in [9.17, 15) is 10.1 Å². The fourth-order valence-electron chi connectivity index (χ4n) is 2.80. The highest BCUT2D eigenvalue weighted by atomic mass is 16.6. The van der Waals surface area contributed by atoms with Gasteiger partial charge in [0.1, 0.15) is 5.69 Å². The molecule has 2 aromatic rings. The van der Waals surface area contributed by atoms with Gasteiger partial charge in [0.15, 0.2) is 0 Å². The van der Waals surface area contributed by atoms with Crippen LogP contribution in [0.1, 0.15) is 23.6 Å². The normalized spacial score (nSPS) is 16.5. The lowest BCUT2D eigenvalue weighted by molar-refractivity contribution is -0.383. The molecule has 0 fully saturated rings. The van der Waals surface area contributed by atoms with Gasteiger partial charge < -0.3 is 16.8 Å². The first-order chi connectivity index (χ1) is 10.0. The second kappa shape index (κ2) is 4.97. The van der Waals surface area contributed by atoms with E-state index in [2.05, 4.69) is 5.32 Å². The van der Waals surface area contributed by atoms with E-state index < -0.39 is 4.92 Å². The van der Waals surface area contributed by atoms with E-state index in [1.165, 1.54) is 17.2 Å². The molecule has 6 heteroatoms. The molecule has 1 aliphatic rings. The molecule has 0 amide bonds. The van der Waals surface area contributed by atoms with Gasteiger partial charge in [0.2, 0.25) is 0 Å². The highest BCUT2D eigenvalue weighted by molar-refractivity contribution is 5.66. The SMILES string of the molecule is Nc1ccc2c(c1)CCC2Nc1ccc([N+](=O)[O-])c(N)c1. The molecule has 1 atom stereocenters. The summed E-state index contributed by atoms with van der Waals surface area (Å²) in [7, 11) is 0. The van der Waals surface area contributed by atoms with Crippen LogP contribution in [-0.2, 0) is 6.42 Å². The van der Waals surface area contributed by atoms with Crippen LogP contribution in [0.3, 0.4) is 0 Å². The molecule has 0 aliphatic heterocycles. The molecule has 0 heterocycles. The van der Waals surface area contributed by atoms with Crippen molar-refractivity contribution in [1.29, 1.82) is 0 Å². The van der Waals surface area contributed by atoms with Crippen molar-refractivity contribution in [2.75, 3.05) is 16.8 Å². The van der Waals surface area contributed by atoms with Crippen LogP contribution in [0.15, 0.2) is 36.4 Å². The summed E-state index contributed by atoms with van der Waals surface area (Å²) < 4.78 is 0. The first kappa shape index (κ1) is 13.2. The Bertz CT molecular complexity index is 715. The Hall–Kier alpha value is -2.76. The van der Waals surface area contributed by atoms with Crippen LogP contribution >= 0.6 is 0 Å². The number of nitrogens with one attached hydrogen (secondary N) is 1. The molecule has 6 nitrogen and oxygen atoms in total. The number of hydrogen-bond donors (Lipinski definition) is 3. The first-order valence-corrected chi connectivity index (χ1v) is 6.73. The van der Waals surface area contributed by atoms with Gasteiger partial charge >= 0.3 is 0 Å². The third-order valence-corrected chi connectivity index (χ3v) is 3.81. The molecule has 0 spiro atoms. The number of rotatable bonds is 3. The van der Waals surface area contributed by atoms with Gasteiger partial charge in [-0.05, 0) is 48.2 Å². The maximum atomic E-state index is 10.8. The smallest absolute Gasteiger partial charge is 0.292 e. The van der Waals surface area contributed by atoms with Gasteiger partial charge in [-0.1, -0.05) is 6.07 Å². The third-order valence-electron chi connectivity index (χ3n) is 3.81.